The molecule has 4 rings (SSSR count). The Morgan fingerprint density at radius 2 is 1.89 bits per heavy atom. The zero-order valence-electron chi connectivity index (χ0n) is 15.5. The zero-order valence-corrected chi connectivity index (χ0v) is 15.5. The smallest absolute Gasteiger partial charge is 0.253 e. The predicted octanol–water partition coefficient (Wildman–Crippen LogP) is 3.61. The Hall–Kier alpha value is -2.92. The number of carbonyl (C=O) groups excluding carboxylic acids is 1. The lowest BCUT2D eigenvalue weighted by Crippen LogP contribution is -2.48. The first-order valence-electron chi connectivity index (χ1n) is 9.26. The van der Waals surface area contributed by atoms with E-state index in [9.17, 15) is 4.79 Å². The molecule has 1 aliphatic rings. The van der Waals surface area contributed by atoms with Crippen LogP contribution in [-0.4, -0.2) is 46.9 Å². The minimum atomic E-state index is 0.0922. The molecule has 27 heavy (non-hydrogen) atoms. The van der Waals surface area contributed by atoms with Gasteiger partial charge in [-0.2, -0.15) is 0 Å². The molecular formula is C22H23N3O2. The SMILES string of the molecule is Cc1ccc(-c2cccc(C(=O)N3CCN(Cc4ccco4)CC3)c2)cn1. The highest BCUT2D eigenvalue weighted by molar-refractivity contribution is 5.95. The standard InChI is InChI=1S/C22H23N3O2/c1-17-7-8-20(15-23-17)18-4-2-5-19(14-18)22(26)25-11-9-24(10-12-25)16-21-6-3-13-27-21/h2-8,13-15H,9-12,16H2,1H3. The van der Waals surface area contributed by atoms with Crippen LogP contribution in [0.1, 0.15) is 21.8 Å². The molecule has 138 valence electrons. The lowest BCUT2D eigenvalue weighted by atomic mass is 10.0. The second-order valence-corrected chi connectivity index (χ2v) is 6.92. The molecule has 3 aromatic rings. The summed E-state index contributed by atoms with van der Waals surface area (Å²) >= 11 is 0. The highest BCUT2D eigenvalue weighted by atomic mass is 16.3. The summed E-state index contributed by atoms with van der Waals surface area (Å²) < 4.78 is 5.42. The van der Waals surface area contributed by atoms with Crippen molar-refractivity contribution in [3.8, 4) is 11.1 Å². The normalized spacial score (nSPS) is 15.1. The van der Waals surface area contributed by atoms with Crippen molar-refractivity contribution in [3.63, 3.8) is 0 Å². The van der Waals surface area contributed by atoms with Crippen molar-refractivity contribution in [2.24, 2.45) is 0 Å². The van der Waals surface area contributed by atoms with E-state index in [4.69, 9.17) is 4.42 Å². The predicted molar refractivity (Wildman–Crippen MR) is 104 cm³/mol. The van der Waals surface area contributed by atoms with Gasteiger partial charge in [0.25, 0.3) is 5.91 Å². The highest BCUT2D eigenvalue weighted by Crippen LogP contribution is 2.21. The Morgan fingerprint density at radius 1 is 1.04 bits per heavy atom. The van der Waals surface area contributed by atoms with Crippen LogP contribution < -0.4 is 0 Å². The van der Waals surface area contributed by atoms with Crippen LogP contribution in [0.4, 0.5) is 0 Å². The summed E-state index contributed by atoms with van der Waals surface area (Å²) in [6, 6.07) is 15.7. The van der Waals surface area contributed by atoms with E-state index in [1.54, 1.807) is 6.26 Å². The Labute approximate surface area is 159 Å². The minimum absolute atomic E-state index is 0.0922. The molecular weight excluding hydrogens is 338 g/mol. The van der Waals surface area contributed by atoms with Gasteiger partial charge < -0.3 is 9.32 Å². The molecule has 0 saturated carbocycles. The lowest BCUT2D eigenvalue weighted by Gasteiger charge is -2.34. The molecule has 0 aliphatic carbocycles. The number of nitrogens with zero attached hydrogens (tertiary/aromatic N) is 3. The monoisotopic (exact) mass is 361 g/mol. The Bertz CT molecular complexity index is 896. The van der Waals surface area contributed by atoms with Gasteiger partial charge in [-0.3, -0.25) is 14.7 Å². The maximum absolute atomic E-state index is 12.9. The number of carbonyl (C=O) groups is 1. The van der Waals surface area contributed by atoms with Gasteiger partial charge in [-0.25, -0.2) is 0 Å². The van der Waals surface area contributed by atoms with Crippen molar-refractivity contribution in [2.45, 2.75) is 13.5 Å². The average molecular weight is 361 g/mol. The van der Waals surface area contributed by atoms with E-state index in [-0.39, 0.29) is 5.91 Å². The molecule has 0 atom stereocenters. The van der Waals surface area contributed by atoms with Gasteiger partial charge in [0.1, 0.15) is 5.76 Å². The van der Waals surface area contributed by atoms with Crippen molar-refractivity contribution in [3.05, 3.63) is 78.0 Å². The summed E-state index contributed by atoms with van der Waals surface area (Å²) in [4.78, 5) is 21.5. The Kier molecular flexibility index (Phi) is 5.03. The number of amides is 1. The summed E-state index contributed by atoms with van der Waals surface area (Å²) in [6.07, 6.45) is 3.55. The third kappa shape index (κ3) is 4.09. The molecule has 0 bridgehead atoms. The van der Waals surface area contributed by atoms with Crippen LogP contribution in [0.3, 0.4) is 0 Å². The van der Waals surface area contributed by atoms with E-state index in [1.165, 1.54) is 0 Å². The molecule has 1 saturated heterocycles. The molecule has 1 fully saturated rings. The molecule has 1 aliphatic heterocycles. The van der Waals surface area contributed by atoms with E-state index < -0.39 is 0 Å². The second-order valence-electron chi connectivity index (χ2n) is 6.92. The van der Waals surface area contributed by atoms with E-state index in [0.29, 0.717) is 0 Å². The molecule has 0 radical (unpaired) electrons. The van der Waals surface area contributed by atoms with E-state index in [1.807, 2.05) is 66.6 Å². The summed E-state index contributed by atoms with van der Waals surface area (Å²) in [5, 5.41) is 0. The minimum Gasteiger partial charge on any atom is -0.468 e. The maximum atomic E-state index is 12.9. The molecule has 1 aromatic carbocycles. The number of pyridine rings is 1. The van der Waals surface area contributed by atoms with Gasteiger partial charge in [0.05, 0.1) is 12.8 Å². The van der Waals surface area contributed by atoms with Crippen LogP contribution in [0.5, 0.6) is 0 Å². The number of rotatable bonds is 4. The number of aromatic nitrogens is 1. The molecule has 0 unspecified atom stereocenters. The van der Waals surface area contributed by atoms with Gasteiger partial charge in [0, 0.05) is 49.2 Å². The number of hydrogen-bond acceptors (Lipinski definition) is 4. The lowest BCUT2D eigenvalue weighted by molar-refractivity contribution is 0.0620. The first-order valence-corrected chi connectivity index (χ1v) is 9.26. The fourth-order valence-corrected chi connectivity index (χ4v) is 3.38. The number of furan rings is 1. The summed E-state index contributed by atoms with van der Waals surface area (Å²) in [7, 11) is 0. The highest BCUT2D eigenvalue weighted by Gasteiger charge is 2.22. The topological polar surface area (TPSA) is 49.6 Å². The molecule has 0 N–H and O–H groups in total. The van der Waals surface area contributed by atoms with Crippen LogP contribution in [0, 0.1) is 6.92 Å². The number of hydrogen-bond donors (Lipinski definition) is 0. The number of benzene rings is 1. The van der Waals surface area contributed by atoms with Crippen LogP contribution in [0.25, 0.3) is 11.1 Å². The van der Waals surface area contributed by atoms with Gasteiger partial charge in [-0.1, -0.05) is 18.2 Å². The maximum Gasteiger partial charge on any atom is 0.253 e. The molecule has 0 spiro atoms. The van der Waals surface area contributed by atoms with Crippen LogP contribution >= 0.6 is 0 Å². The third-order valence-electron chi connectivity index (χ3n) is 4.97. The van der Waals surface area contributed by atoms with Gasteiger partial charge in [-0.05, 0) is 42.8 Å². The van der Waals surface area contributed by atoms with E-state index >= 15 is 0 Å². The van der Waals surface area contributed by atoms with Crippen molar-refractivity contribution in [1.82, 2.24) is 14.8 Å². The Morgan fingerprint density at radius 3 is 2.59 bits per heavy atom. The fraction of sp³-hybridized carbons (Fsp3) is 0.273. The molecule has 3 heterocycles. The summed E-state index contributed by atoms with van der Waals surface area (Å²) in [5.41, 5.74) is 3.76. The van der Waals surface area contributed by atoms with Crippen LogP contribution in [0.2, 0.25) is 0 Å². The van der Waals surface area contributed by atoms with Crippen LogP contribution in [-0.2, 0) is 6.54 Å². The van der Waals surface area contributed by atoms with E-state index in [0.717, 1.165) is 60.9 Å². The van der Waals surface area contributed by atoms with Crippen molar-refractivity contribution >= 4 is 5.91 Å². The fourth-order valence-electron chi connectivity index (χ4n) is 3.38. The summed E-state index contributed by atoms with van der Waals surface area (Å²) in [5.74, 6) is 1.06. The van der Waals surface area contributed by atoms with Gasteiger partial charge >= 0.3 is 0 Å². The molecule has 1 amide bonds. The second kappa shape index (κ2) is 7.76. The van der Waals surface area contributed by atoms with E-state index in [2.05, 4.69) is 9.88 Å². The zero-order chi connectivity index (χ0) is 18.6. The van der Waals surface area contributed by atoms with Crippen molar-refractivity contribution < 1.29 is 9.21 Å². The third-order valence-corrected chi connectivity index (χ3v) is 4.97. The van der Waals surface area contributed by atoms with Crippen LogP contribution in [0.15, 0.2) is 65.4 Å². The molecule has 5 nitrogen and oxygen atoms in total. The Balaban J connectivity index is 1.41. The van der Waals surface area contributed by atoms with Crippen molar-refractivity contribution in [2.75, 3.05) is 26.2 Å². The van der Waals surface area contributed by atoms with Gasteiger partial charge in [0.15, 0.2) is 0 Å². The number of piperazine rings is 1. The first-order chi connectivity index (χ1) is 13.2. The van der Waals surface area contributed by atoms with Gasteiger partial charge in [0.2, 0.25) is 0 Å². The quantitative estimate of drug-likeness (QED) is 0.712. The molecule has 5 heteroatoms. The first kappa shape index (κ1) is 17.5. The van der Waals surface area contributed by atoms with Crippen molar-refractivity contribution in [1.29, 1.82) is 0 Å². The molecule has 2 aromatic heterocycles. The average Bonchev–Trinajstić information content (AvgIpc) is 3.22. The summed E-state index contributed by atoms with van der Waals surface area (Å²) in [6.45, 7) is 5.94. The largest absolute Gasteiger partial charge is 0.468 e. The van der Waals surface area contributed by atoms with Gasteiger partial charge in [-0.15, -0.1) is 0 Å². The number of aryl methyl sites for hydroxylation is 1.